The molecule has 3 aromatic rings. The first-order valence-electron chi connectivity index (χ1n) is 8.70. The molecule has 2 aromatic carbocycles. The molecular formula is C22H19F3N2O. The Hall–Kier alpha value is -3.15. The predicted octanol–water partition coefficient (Wildman–Crippen LogP) is 5.10. The summed E-state index contributed by atoms with van der Waals surface area (Å²) in [5.74, 6) is -0.492. The minimum atomic E-state index is -4.55. The van der Waals surface area contributed by atoms with Crippen LogP contribution >= 0.6 is 0 Å². The van der Waals surface area contributed by atoms with E-state index >= 15 is 0 Å². The third-order valence-electron chi connectivity index (χ3n) is 4.69. The molecule has 0 atom stereocenters. The van der Waals surface area contributed by atoms with E-state index in [0.29, 0.717) is 0 Å². The maximum Gasteiger partial charge on any atom is 0.433 e. The summed E-state index contributed by atoms with van der Waals surface area (Å²) in [5, 5.41) is 2.98. The van der Waals surface area contributed by atoms with Crippen molar-refractivity contribution in [1.29, 1.82) is 0 Å². The lowest BCUT2D eigenvalue weighted by Crippen LogP contribution is -2.44. The number of aromatic nitrogens is 1. The average Bonchev–Trinajstić information content (AvgIpc) is 2.68. The fourth-order valence-corrected chi connectivity index (χ4v) is 3.11. The van der Waals surface area contributed by atoms with Crippen molar-refractivity contribution in [3.8, 4) is 0 Å². The molecule has 3 rings (SSSR count). The lowest BCUT2D eigenvalue weighted by atomic mass is 9.84. The number of alkyl halides is 3. The van der Waals surface area contributed by atoms with E-state index in [1.807, 2.05) is 67.6 Å². The summed E-state index contributed by atoms with van der Waals surface area (Å²) in [7, 11) is 0. The molecule has 0 aliphatic rings. The smallest absolute Gasteiger partial charge is 0.339 e. The van der Waals surface area contributed by atoms with Crippen LogP contribution in [0.5, 0.6) is 0 Å². The van der Waals surface area contributed by atoms with Crippen LogP contribution in [-0.2, 0) is 11.7 Å². The highest BCUT2D eigenvalue weighted by molar-refractivity contribution is 5.96. The predicted molar refractivity (Wildman–Crippen MR) is 101 cm³/mol. The van der Waals surface area contributed by atoms with E-state index < -0.39 is 23.3 Å². The van der Waals surface area contributed by atoms with Crippen LogP contribution in [0.4, 0.5) is 13.2 Å². The largest absolute Gasteiger partial charge is 0.433 e. The Morgan fingerprint density at radius 3 is 1.79 bits per heavy atom. The summed E-state index contributed by atoms with van der Waals surface area (Å²) >= 11 is 0. The highest BCUT2D eigenvalue weighted by Gasteiger charge is 2.34. The Labute approximate surface area is 161 Å². The molecule has 3 nitrogen and oxygen atoms in total. The topological polar surface area (TPSA) is 42.0 Å². The Morgan fingerprint density at radius 2 is 1.36 bits per heavy atom. The number of nitrogens with zero attached hydrogens (tertiary/aromatic N) is 1. The van der Waals surface area contributed by atoms with Crippen LogP contribution in [0.25, 0.3) is 0 Å². The molecule has 0 unspecified atom stereocenters. The number of pyridine rings is 1. The van der Waals surface area contributed by atoms with Gasteiger partial charge in [-0.15, -0.1) is 0 Å². The van der Waals surface area contributed by atoms with Gasteiger partial charge in [0.15, 0.2) is 0 Å². The van der Waals surface area contributed by atoms with Gasteiger partial charge in [-0.25, -0.2) is 4.98 Å². The van der Waals surface area contributed by atoms with Crippen molar-refractivity contribution in [2.75, 3.05) is 0 Å². The number of hydrogen-bond donors (Lipinski definition) is 1. The van der Waals surface area contributed by atoms with Crippen molar-refractivity contribution in [3.63, 3.8) is 0 Å². The Morgan fingerprint density at radius 1 is 0.857 bits per heavy atom. The number of benzene rings is 2. The molecule has 1 N–H and O–H groups in total. The van der Waals surface area contributed by atoms with Crippen LogP contribution in [0.15, 0.2) is 72.8 Å². The lowest BCUT2D eigenvalue weighted by molar-refractivity contribution is -0.141. The summed E-state index contributed by atoms with van der Waals surface area (Å²) < 4.78 is 38.6. The van der Waals surface area contributed by atoms with E-state index in [0.717, 1.165) is 23.3 Å². The van der Waals surface area contributed by atoms with Gasteiger partial charge in [0.25, 0.3) is 5.91 Å². The van der Waals surface area contributed by atoms with Crippen LogP contribution in [-0.4, -0.2) is 10.9 Å². The molecule has 1 heterocycles. The van der Waals surface area contributed by atoms with Gasteiger partial charge in [-0.1, -0.05) is 60.7 Å². The number of amides is 1. The molecule has 0 aliphatic carbocycles. The number of hydrogen-bond acceptors (Lipinski definition) is 2. The zero-order valence-corrected chi connectivity index (χ0v) is 15.4. The highest BCUT2D eigenvalue weighted by atomic mass is 19.4. The maximum atomic E-state index is 13.0. The molecule has 0 aliphatic heterocycles. The Kier molecular flexibility index (Phi) is 5.23. The molecule has 0 spiro atoms. The van der Waals surface area contributed by atoms with E-state index in [1.54, 1.807) is 0 Å². The SMILES string of the molecule is Cc1nc(C(F)(F)F)ccc1C(=O)NC(C)(c1ccccc1)c1ccccc1. The van der Waals surface area contributed by atoms with Crippen LogP contribution in [0.1, 0.15) is 39.8 Å². The average molecular weight is 384 g/mol. The third-order valence-corrected chi connectivity index (χ3v) is 4.69. The van der Waals surface area contributed by atoms with Crippen molar-refractivity contribution in [2.45, 2.75) is 25.6 Å². The van der Waals surface area contributed by atoms with Crippen molar-refractivity contribution in [3.05, 3.63) is 101 Å². The first kappa shape index (κ1) is 19.6. The second kappa shape index (κ2) is 7.46. The minimum Gasteiger partial charge on any atom is -0.339 e. The standard InChI is InChI=1S/C22H19F3N2O/c1-15-18(13-14-19(26-15)22(23,24)25)20(28)27-21(2,16-9-5-3-6-10-16)17-11-7-4-8-12-17/h3-14H,1-2H3,(H,27,28). The van der Waals surface area contributed by atoms with Crippen LogP contribution in [0.2, 0.25) is 0 Å². The van der Waals surface area contributed by atoms with Gasteiger partial charge in [0.05, 0.1) is 16.8 Å². The number of carbonyl (C=O) groups excluding carboxylic acids is 1. The van der Waals surface area contributed by atoms with Crippen molar-refractivity contribution >= 4 is 5.91 Å². The van der Waals surface area contributed by atoms with Crippen molar-refractivity contribution < 1.29 is 18.0 Å². The Bertz CT molecular complexity index is 931. The molecule has 1 aromatic heterocycles. The van der Waals surface area contributed by atoms with Gasteiger partial charge >= 0.3 is 6.18 Å². The highest BCUT2D eigenvalue weighted by Crippen LogP contribution is 2.31. The molecule has 0 radical (unpaired) electrons. The molecule has 0 fully saturated rings. The Balaban J connectivity index is 1.99. The minimum absolute atomic E-state index is 0.0239. The number of carbonyl (C=O) groups is 1. The summed E-state index contributed by atoms with van der Waals surface area (Å²) in [4.78, 5) is 16.5. The van der Waals surface area contributed by atoms with Gasteiger partial charge < -0.3 is 5.32 Å². The van der Waals surface area contributed by atoms with Gasteiger partial charge in [0.2, 0.25) is 0 Å². The summed E-state index contributed by atoms with van der Waals surface area (Å²) in [5.41, 5.74) is -0.0502. The molecule has 0 bridgehead atoms. The normalized spacial score (nSPS) is 11.9. The second-order valence-electron chi connectivity index (χ2n) is 6.64. The van der Waals surface area contributed by atoms with Crippen molar-refractivity contribution in [1.82, 2.24) is 10.3 Å². The number of nitrogens with one attached hydrogen (secondary N) is 1. The molecule has 144 valence electrons. The van der Waals surface area contributed by atoms with E-state index in [1.165, 1.54) is 6.92 Å². The second-order valence-corrected chi connectivity index (χ2v) is 6.64. The molecule has 28 heavy (non-hydrogen) atoms. The van der Waals surface area contributed by atoms with Gasteiger partial charge in [-0.2, -0.15) is 13.2 Å². The first-order valence-corrected chi connectivity index (χ1v) is 8.70. The van der Waals surface area contributed by atoms with Gasteiger partial charge in [-0.3, -0.25) is 4.79 Å². The zero-order valence-electron chi connectivity index (χ0n) is 15.4. The fourth-order valence-electron chi connectivity index (χ4n) is 3.11. The quantitative estimate of drug-likeness (QED) is 0.680. The number of aryl methyl sites for hydroxylation is 1. The maximum absolute atomic E-state index is 13.0. The molecule has 6 heteroatoms. The zero-order chi connectivity index (χ0) is 20.4. The van der Waals surface area contributed by atoms with E-state index in [-0.39, 0.29) is 11.3 Å². The summed E-state index contributed by atoms with van der Waals surface area (Å²) in [6.07, 6.45) is -4.55. The van der Waals surface area contributed by atoms with Crippen LogP contribution < -0.4 is 5.32 Å². The van der Waals surface area contributed by atoms with E-state index in [4.69, 9.17) is 0 Å². The van der Waals surface area contributed by atoms with Crippen LogP contribution in [0.3, 0.4) is 0 Å². The van der Waals surface area contributed by atoms with Crippen LogP contribution in [0, 0.1) is 6.92 Å². The third kappa shape index (κ3) is 3.91. The number of halogens is 3. The van der Waals surface area contributed by atoms with E-state index in [2.05, 4.69) is 10.3 Å². The molecule has 1 amide bonds. The first-order chi connectivity index (χ1) is 13.2. The number of rotatable bonds is 4. The van der Waals surface area contributed by atoms with Gasteiger partial charge in [0, 0.05) is 0 Å². The monoisotopic (exact) mass is 384 g/mol. The fraction of sp³-hybridized carbons (Fsp3) is 0.182. The lowest BCUT2D eigenvalue weighted by Gasteiger charge is -2.32. The molecule has 0 saturated heterocycles. The van der Waals surface area contributed by atoms with E-state index in [9.17, 15) is 18.0 Å². The van der Waals surface area contributed by atoms with Gasteiger partial charge in [0.1, 0.15) is 5.69 Å². The van der Waals surface area contributed by atoms with Crippen molar-refractivity contribution in [2.24, 2.45) is 0 Å². The molecular weight excluding hydrogens is 365 g/mol. The summed E-state index contributed by atoms with van der Waals surface area (Å²) in [6, 6.07) is 20.8. The summed E-state index contributed by atoms with van der Waals surface area (Å²) in [6.45, 7) is 3.26. The van der Waals surface area contributed by atoms with Gasteiger partial charge in [-0.05, 0) is 37.1 Å². The molecule has 0 saturated carbocycles.